The summed E-state index contributed by atoms with van der Waals surface area (Å²) in [6.45, 7) is 5.85. The van der Waals surface area contributed by atoms with Crippen molar-refractivity contribution < 1.29 is 13.2 Å². The van der Waals surface area contributed by atoms with Gasteiger partial charge in [0, 0.05) is 17.7 Å². The van der Waals surface area contributed by atoms with Gasteiger partial charge < -0.3 is 5.32 Å². The number of para-hydroxylation sites is 1. The zero-order chi connectivity index (χ0) is 22.9. The molecule has 32 heavy (non-hydrogen) atoms. The third-order valence-corrected chi connectivity index (χ3v) is 7.64. The molecular weight excluding hydrogens is 420 g/mol. The average molecular weight is 447 g/mol. The highest BCUT2D eigenvalue weighted by Crippen LogP contribution is 2.42. The summed E-state index contributed by atoms with van der Waals surface area (Å²) in [5, 5.41) is 2.91. The van der Waals surface area contributed by atoms with E-state index in [1.807, 2.05) is 86.6 Å². The van der Waals surface area contributed by atoms with E-state index in [0.29, 0.717) is 16.8 Å². The molecular formula is C26H26N2O3S. The zero-order valence-corrected chi connectivity index (χ0v) is 19.2. The van der Waals surface area contributed by atoms with Crippen molar-refractivity contribution >= 4 is 27.2 Å². The van der Waals surface area contributed by atoms with Gasteiger partial charge in [0.2, 0.25) is 0 Å². The largest absolute Gasteiger partial charge is 0.345 e. The maximum Gasteiger partial charge on any atom is 0.270 e. The Kier molecular flexibility index (Phi) is 5.89. The Morgan fingerprint density at radius 1 is 0.938 bits per heavy atom. The zero-order valence-electron chi connectivity index (χ0n) is 18.4. The Balaban J connectivity index is 1.89. The van der Waals surface area contributed by atoms with Gasteiger partial charge in [-0.1, -0.05) is 78.4 Å². The minimum absolute atomic E-state index is 0.219. The molecule has 0 fully saturated rings. The van der Waals surface area contributed by atoms with Gasteiger partial charge >= 0.3 is 0 Å². The van der Waals surface area contributed by atoms with E-state index in [0.717, 1.165) is 16.7 Å². The predicted molar refractivity (Wildman–Crippen MR) is 129 cm³/mol. The number of nitrogens with one attached hydrogen (secondary N) is 1. The molecule has 1 aliphatic rings. The van der Waals surface area contributed by atoms with Crippen molar-refractivity contribution in [3.05, 3.63) is 106 Å². The highest BCUT2D eigenvalue weighted by molar-refractivity contribution is 7.97. The van der Waals surface area contributed by atoms with E-state index in [1.54, 1.807) is 13.0 Å². The number of hydrogen-bond donors (Lipinski definition) is 1. The number of hydrogen-bond acceptors (Lipinski definition) is 3. The molecule has 3 aromatic rings. The lowest BCUT2D eigenvalue weighted by atomic mass is 9.95. The van der Waals surface area contributed by atoms with Gasteiger partial charge in [0.25, 0.3) is 15.9 Å². The monoisotopic (exact) mass is 446 g/mol. The number of sulfonamides is 1. The second kappa shape index (κ2) is 8.63. The van der Waals surface area contributed by atoms with Crippen molar-refractivity contribution in [3.8, 4) is 0 Å². The van der Waals surface area contributed by atoms with Crippen molar-refractivity contribution in [1.82, 2.24) is 5.32 Å². The van der Waals surface area contributed by atoms with Gasteiger partial charge in [-0.05, 0) is 38.0 Å². The lowest BCUT2D eigenvalue weighted by Gasteiger charge is -2.33. The number of nitrogens with zero attached hydrogens (tertiary/aromatic N) is 1. The van der Waals surface area contributed by atoms with Gasteiger partial charge in [0.1, 0.15) is 0 Å². The maximum atomic E-state index is 13.7. The Labute approximate surface area is 189 Å². The first-order chi connectivity index (χ1) is 15.3. The second-order valence-corrected chi connectivity index (χ2v) is 9.66. The molecule has 6 heteroatoms. The van der Waals surface area contributed by atoms with Crippen LogP contribution in [0.5, 0.6) is 0 Å². The van der Waals surface area contributed by atoms with Crippen LogP contribution in [0.15, 0.2) is 83.8 Å². The molecule has 0 spiro atoms. The van der Waals surface area contributed by atoms with Gasteiger partial charge in [-0.25, -0.2) is 8.42 Å². The third-order valence-electron chi connectivity index (χ3n) is 5.70. The Morgan fingerprint density at radius 2 is 1.56 bits per heavy atom. The summed E-state index contributed by atoms with van der Waals surface area (Å²) < 4.78 is 28.7. The van der Waals surface area contributed by atoms with E-state index >= 15 is 0 Å². The fourth-order valence-electron chi connectivity index (χ4n) is 4.06. The second-order valence-electron chi connectivity index (χ2n) is 7.86. The van der Waals surface area contributed by atoms with E-state index < -0.39 is 15.9 Å². The van der Waals surface area contributed by atoms with Gasteiger partial charge in [-0.3, -0.25) is 9.10 Å². The number of anilines is 1. The summed E-state index contributed by atoms with van der Waals surface area (Å²) >= 11 is 0. The lowest BCUT2D eigenvalue weighted by Crippen LogP contribution is -2.41. The summed E-state index contributed by atoms with van der Waals surface area (Å²) in [5.41, 5.74) is 4.45. The van der Waals surface area contributed by atoms with Crippen LogP contribution in [0.1, 0.15) is 42.1 Å². The standard InChI is InChI=1S/C26H26N2O3S/c1-4-28-23-13-9-8-12-22(23)24(21-10-6-5-7-11-21)25(32(28,30)31)26(29)27-19(3)20-16-14-18(2)15-17-20/h5-17,19H,4H2,1-3H3,(H,27,29)/t19-/m1/s1. The molecule has 1 aliphatic heterocycles. The molecule has 1 amide bonds. The molecule has 164 valence electrons. The molecule has 0 saturated carbocycles. The molecule has 1 heterocycles. The molecule has 0 aromatic heterocycles. The van der Waals surface area contributed by atoms with Crippen LogP contribution in [-0.4, -0.2) is 20.9 Å². The maximum absolute atomic E-state index is 13.7. The van der Waals surface area contributed by atoms with E-state index in [4.69, 9.17) is 0 Å². The van der Waals surface area contributed by atoms with Crippen molar-refractivity contribution in [2.75, 3.05) is 10.8 Å². The van der Waals surface area contributed by atoms with Gasteiger partial charge in [-0.2, -0.15) is 0 Å². The van der Waals surface area contributed by atoms with Crippen LogP contribution in [0, 0.1) is 6.92 Å². The minimum Gasteiger partial charge on any atom is -0.345 e. The van der Waals surface area contributed by atoms with Crippen LogP contribution in [0.3, 0.4) is 0 Å². The first kappa shape index (κ1) is 21.8. The number of fused-ring (bicyclic) bond motifs is 1. The van der Waals surface area contributed by atoms with Gasteiger partial charge in [0.05, 0.1) is 11.7 Å². The molecule has 4 rings (SSSR count). The van der Waals surface area contributed by atoms with E-state index in [1.165, 1.54) is 4.31 Å². The third kappa shape index (κ3) is 3.82. The smallest absolute Gasteiger partial charge is 0.270 e. The van der Waals surface area contributed by atoms with E-state index in [-0.39, 0.29) is 17.5 Å². The molecule has 0 unspecified atom stereocenters. The predicted octanol–water partition coefficient (Wildman–Crippen LogP) is 4.80. The number of rotatable bonds is 5. The van der Waals surface area contributed by atoms with Gasteiger partial charge in [0.15, 0.2) is 4.91 Å². The number of amides is 1. The number of benzene rings is 3. The lowest BCUT2D eigenvalue weighted by molar-refractivity contribution is -0.117. The molecule has 5 nitrogen and oxygen atoms in total. The Hall–Kier alpha value is -3.38. The topological polar surface area (TPSA) is 66.5 Å². The fourth-order valence-corrected chi connectivity index (χ4v) is 5.81. The van der Waals surface area contributed by atoms with Crippen molar-refractivity contribution in [2.24, 2.45) is 0 Å². The van der Waals surface area contributed by atoms with Crippen molar-refractivity contribution in [1.29, 1.82) is 0 Å². The van der Waals surface area contributed by atoms with E-state index in [9.17, 15) is 13.2 Å². The molecule has 0 radical (unpaired) electrons. The first-order valence-corrected chi connectivity index (χ1v) is 12.1. The molecule has 3 aromatic carbocycles. The normalized spacial score (nSPS) is 15.8. The molecule has 0 aliphatic carbocycles. The molecule has 0 bridgehead atoms. The molecule has 1 N–H and O–H groups in total. The number of carbonyl (C=O) groups is 1. The summed E-state index contributed by atoms with van der Waals surface area (Å²) in [6.07, 6.45) is 0. The quantitative estimate of drug-likeness (QED) is 0.612. The highest BCUT2D eigenvalue weighted by atomic mass is 32.2. The van der Waals surface area contributed by atoms with Crippen LogP contribution in [0.2, 0.25) is 0 Å². The van der Waals surface area contributed by atoms with Crippen LogP contribution in [-0.2, 0) is 14.8 Å². The summed E-state index contributed by atoms with van der Waals surface area (Å²) in [4.78, 5) is 13.3. The first-order valence-electron chi connectivity index (χ1n) is 10.6. The number of aryl methyl sites for hydroxylation is 1. The minimum atomic E-state index is -4.06. The van der Waals surface area contributed by atoms with Crippen LogP contribution in [0.4, 0.5) is 5.69 Å². The average Bonchev–Trinajstić information content (AvgIpc) is 2.78. The fraction of sp³-hybridized carbons (Fsp3) is 0.192. The van der Waals surface area contributed by atoms with Crippen LogP contribution >= 0.6 is 0 Å². The Morgan fingerprint density at radius 3 is 2.22 bits per heavy atom. The molecule has 0 saturated heterocycles. The van der Waals surface area contributed by atoms with E-state index in [2.05, 4.69) is 5.32 Å². The van der Waals surface area contributed by atoms with Crippen LogP contribution in [0.25, 0.3) is 5.57 Å². The summed E-state index contributed by atoms with van der Waals surface area (Å²) in [5.74, 6) is -0.607. The summed E-state index contributed by atoms with van der Waals surface area (Å²) in [7, 11) is -4.06. The van der Waals surface area contributed by atoms with Crippen molar-refractivity contribution in [3.63, 3.8) is 0 Å². The van der Waals surface area contributed by atoms with Gasteiger partial charge in [-0.15, -0.1) is 0 Å². The Bertz CT molecular complexity index is 1280. The molecule has 1 atom stereocenters. The SMILES string of the molecule is CCN1c2ccccc2C(c2ccccc2)=C(C(=O)N[C@H](C)c2ccc(C)cc2)S1(=O)=O. The summed E-state index contributed by atoms with van der Waals surface area (Å²) in [6, 6.07) is 24.0. The van der Waals surface area contributed by atoms with Crippen LogP contribution < -0.4 is 9.62 Å². The highest BCUT2D eigenvalue weighted by Gasteiger charge is 2.40. The van der Waals surface area contributed by atoms with Crippen molar-refractivity contribution in [2.45, 2.75) is 26.8 Å². The number of carbonyl (C=O) groups excluding carboxylic acids is 1.